The minimum Gasteiger partial charge on any atom is -0.346 e. The molecule has 3 aromatic heterocycles. The molecule has 0 amide bonds. The Labute approximate surface area is 170 Å². The third-order valence-electron chi connectivity index (χ3n) is 5.85. The van der Waals surface area contributed by atoms with E-state index in [1.54, 1.807) is 0 Å². The van der Waals surface area contributed by atoms with Crippen LogP contribution < -0.4 is 0 Å². The van der Waals surface area contributed by atoms with Gasteiger partial charge >= 0.3 is 0 Å². The fraction of sp³-hybridized carbons (Fsp3) is 0.304. The number of hydrogen-bond acceptors (Lipinski definition) is 4. The zero-order chi connectivity index (χ0) is 19.6. The van der Waals surface area contributed by atoms with Gasteiger partial charge in [-0.15, -0.1) is 0 Å². The molecule has 6 heteroatoms. The molecule has 0 radical (unpaired) electrons. The number of pyridine rings is 1. The van der Waals surface area contributed by atoms with Gasteiger partial charge in [-0.2, -0.15) is 5.10 Å². The third-order valence-corrected chi connectivity index (χ3v) is 5.85. The molecule has 0 bridgehead atoms. The van der Waals surface area contributed by atoms with Crippen LogP contribution in [-0.2, 0) is 13.1 Å². The number of aryl methyl sites for hydroxylation is 1. The van der Waals surface area contributed by atoms with Crippen molar-refractivity contribution in [1.82, 2.24) is 30.0 Å². The zero-order valence-electron chi connectivity index (χ0n) is 16.7. The predicted octanol–water partition coefficient (Wildman–Crippen LogP) is 3.58. The smallest absolute Gasteiger partial charge is 0.137 e. The summed E-state index contributed by atoms with van der Waals surface area (Å²) in [6.45, 7) is 8.21. The number of nitrogens with one attached hydrogen (secondary N) is 2. The van der Waals surface area contributed by atoms with Crippen LogP contribution in [0.15, 0.2) is 54.9 Å². The second-order valence-corrected chi connectivity index (χ2v) is 7.80. The average Bonchev–Trinajstić information content (AvgIpc) is 3.33. The summed E-state index contributed by atoms with van der Waals surface area (Å²) in [4.78, 5) is 12.7. The van der Waals surface area contributed by atoms with Crippen LogP contribution >= 0.6 is 0 Å². The molecule has 0 saturated carbocycles. The molecule has 0 aliphatic carbocycles. The van der Waals surface area contributed by atoms with Gasteiger partial charge in [-0.1, -0.05) is 30.3 Å². The summed E-state index contributed by atoms with van der Waals surface area (Å²) in [7, 11) is 0. The minimum atomic E-state index is 0.888. The Bertz CT molecular complexity index is 1090. The molecule has 6 nitrogen and oxygen atoms in total. The van der Waals surface area contributed by atoms with E-state index < -0.39 is 0 Å². The molecule has 5 rings (SSSR count). The first-order valence-corrected chi connectivity index (χ1v) is 10.2. The van der Waals surface area contributed by atoms with Crippen LogP contribution in [0.2, 0.25) is 0 Å². The lowest BCUT2D eigenvalue weighted by Gasteiger charge is -2.34. The number of rotatable bonds is 5. The normalized spacial score (nSPS) is 15.9. The number of piperazine rings is 1. The van der Waals surface area contributed by atoms with E-state index in [0.29, 0.717) is 0 Å². The van der Waals surface area contributed by atoms with Crippen LogP contribution in [-0.4, -0.2) is 56.1 Å². The molecule has 1 aromatic carbocycles. The molecule has 1 saturated heterocycles. The molecule has 1 aliphatic heterocycles. The van der Waals surface area contributed by atoms with Gasteiger partial charge in [0.2, 0.25) is 0 Å². The van der Waals surface area contributed by atoms with E-state index in [2.05, 4.69) is 79.5 Å². The van der Waals surface area contributed by atoms with Crippen molar-refractivity contribution in [2.24, 2.45) is 0 Å². The van der Waals surface area contributed by atoms with Crippen molar-refractivity contribution in [1.29, 1.82) is 0 Å². The van der Waals surface area contributed by atoms with E-state index in [0.717, 1.165) is 56.3 Å². The Kier molecular flexibility index (Phi) is 4.87. The van der Waals surface area contributed by atoms with Crippen LogP contribution in [0, 0.1) is 6.92 Å². The first-order chi connectivity index (χ1) is 14.3. The van der Waals surface area contributed by atoms with Crippen molar-refractivity contribution in [3.05, 3.63) is 71.8 Å². The Hall–Kier alpha value is -2.96. The highest BCUT2D eigenvalue weighted by Crippen LogP contribution is 2.27. The summed E-state index contributed by atoms with van der Waals surface area (Å²) in [6, 6.07) is 14.7. The Balaban J connectivity index is 1.23. The lowest BCUT2D eigenvalue weighted by atomic mass is 10.0. The molecule has 0 unspecified atom stereocenters. The fourth-order valence-electron chi connectivity index (χ4n) is 4.28. The van der Waals surface area contributed by atoms with Crippen LogP contribution in [0.1, 0.15) is 17.0 Å². The van der Waals surface area contributed by atoms with Crippen molar-refractivity contribution in [2.45, 2.75) is 20.0 Å². The first-order valence-electron chi connectivity index (χ1n) is 10.2. The first kappa shape index (κ1) is 18.1. The van der Waals surface area contributed by atoms with Crippen molar-refractivity contribution in [3.63, 3.8) is 0 Å². The average molecular weight is 387 g/mol. The highest BCUT2D eigenvalue weighted by atomic mass is 15.3. The van der Waals surface area contributed by atoms with Gasteiger partial charge in [0.05, 0.1) is 5.69 Å². The molecule has 1 aliphatic rings. The van der Waals surface area contributed by atoms with E-state index in [-0.39, 0.29) is 0 Å². The summed E-state index contributed by atoms with van der Waals surface area (Å²) in [5.41, 5.74) is 7.07. The number of fused-ring (bicyclic) bond motifs is 1. The molecule has 2 N–H and O–H groups in total. The molecule has 0 spiro atoms. The highest BCUT2D eigenvalue weighted by Gasteiger charge is 2.21. The standard InChI is InChI=1S/C23H26N6/c1-17-22(18-6-3-2-4-7-18)21(27-26-17)16-29-12-10-28(11-13-29)15-19-14-25-23-20(19)8-5-9-24-23/h2-9,14H,10-13,15-16H2,1H3,(H,24,25)(H,26,27). The minimum absolute atomic E-state index is 0.888. The topological polar surface area (TPSA) is 63.8 Å². The molecule has 29 heavy (non-hydrogen) atoms. The fourth-order valence-corrected chi connectivity index (χ4v) is 4.28. The number of hydrogen-bond donors (Lipinski definition) is 2. The number of nitrogens with zero attached hydrogens (tertiary/aromatic N) is 4. The second kappa shape index (κ2) is 7.81. The monoisotopic (exact) mass is 386 g/mol. The molecular weight excluding hydrogens is 360 g/mol. The zero-order valence-corrected chi connectivity index (χ0v) is 16.7. The Morgan fingerprint density at radius 1 is 0.931 bits per heavy atom. The number of benzene rings is 1. The molecule has 148 valence electrons. The quantitative estimate of drug-likeness (QED) is 0.550. The maximum absolute atomic E-state index is 4.61. The molecule has 0 atom stereocenters. The maximum Gasteiger partial charge on any atom is 0.137 e. The van der Waals surface area contributed by atoms with Crippen LogP contribution in [0.5, 0.6) is 0 Å². The summed E-state index contributed by atoms with van der Waals surface area (Å²) in [6.07, 6.45) is 3.94. The van der Waals surface area contributed by atoms with Gasteiger partial charge in [0.15, 0.2) is 0 Å². The van der Waals surface area contributed by atoms with E-state index in [4.69, 9.17) is 0 Å². The summed E-state index contributed by atoms with van der Waals surface area (Å²) in [5, 5.41) is 9.02. The Morgan fingerprint density at radius 2 is 1.69 bits per heavy atom. The van der Waals surface area contributed by atoms with Gasteiger partial charge in [-0.3, -0.25) is 14.9 Å². The van der Waals surface area contributed by atoms with Gasteiger partial charge in [0, 0.05) is 68.3 Å². The lowest BCUT2D eigenvalue weighted by Crippen LogP contribution is -2.45. The van der Waals surface area contributed by atoms with Crippen LogP contribution in [0.25, 0.3) is 22.2 Å². The number of aromatic nitrogens is 4. The van der Waals surface area contributed by atoms with Gasteiger partial charge in [0.1, 0.15) is 5.65 Å². The van der Waals surface area contributed by atoms with E-state index in [9.17, 15) is 0 Å². The van der Waals surface area contributed by atoms with Crippen LogP contribution in [0.3, 0.4) is 0 Å². The molecule has 1 fully saturated rings. The summed E-state index contributed by atoms with van der Waals surface area (Å²) >= 11 is 0. The largest absolute Gasteiger partial charge is 0.346 e. The van der Waals surface area contributed by atoms with Gasteiger partial charge in [-0.05, 0) is 30.2 Å². The SMILES string of the molecule is Cc1[nH]nc(CN2CCN(Cc3c[nH]c4ncccc34)CC2)c1-c1ccccc1. The van der Waals surface area contributed by atoms with Crippen molar-refractivity contribution in [3.8, 4) is 11.1 Å². The van der Waals surface area contributed by atoms with Crippen LogP contribution in [0.4, 0.5) is 0 Å². The van der Waals surface area contributed by atoms with Crippen molar-refractivity contribution in [2.75, 3.05) is 26.2 Å². The summed E-state index contributed by atoms with van der Waals surface area (Å²) in [5.74, 6) is 0. The van der Waals surface area contributed by atoms with E-state index >= 15 is 0 Å². The number of aromatic amines is 2. The van der Waals surface area contributed by atoms with Crippen molar-refractivity contribution < 1.29 is 0 Å². The summed E-state index contributed by atoms with van der Waals surface area (Å²) < 4.78 is 0. The molecule has 4 heterocycles. The second-order valence-electron chi connectivity index (χ2n) is 7.80. The number of H-pyrrole nitrogens is 2. The van der Waals surface area contributed by atoms with Gasteiger partial charge in [0.25, 0.3) is 0 Å². The van der Waals surface area contributed by atoms with Gasteiger partial charge < -0.3 is 4.98 Å². The van der Waals surface area contributed by atoms with Gasteiger partial charge in [-0.25, -0.2) is 4.98 Å². The predicted molar refractivity (Wildman–Crippen MR) is 115 cm³/mol. The molecular formula is C23H26N6. The highest BCUT2D eigenvalue weighted by molar-refractivity contribution is 5.79. The molecule has 4 aromatic rings. The Morgan fingerprint density at radius 3 is 2.48 bits per heavy atom. The maximum atomic E-state index is 4.61. The van der Waals surface area contributed by atoms with E-state index in [1.807, 2.05) is 12.3 Å². The van der Waals surface area contributed by atoms with Crippen molar-refractivity contribution >= 4 is 11.0 Å². The van der Waals surface area contributed by atoms with E-state index in [1.165, 1.54) is 22.1 Å². The third kappa shape index (κ3) is 3.69. The lowest BCUT2D eigenvalue weighted by molar-refractivity contribution is 0.121.